The minimum atomic E-state index is -0.341. The van der Waals surface area contributed by atoms with E-state index in [0.717, 1.165) is 5.33 Å². The highest BCUT2D eigenvalue weighted by molar-refractivity contribution is 9.09. The van der Waals surface area contributed by atoms with E-state index in [2.05, 4.69) is 29.4 Å². The zero-order chi connectivity index (χ0) is 13.1. The van der Waals surface area contributed by atoms with Crippen molar-refractivity contribution in [1.82, 2.24) is 4.90 Å². The van der Waals surface area contributed by atoms with Gasteiger partial charge in [0, 0.05) is 10.9 Å². The van der Waals surface area contributed by atoms with Crippen LogP contribution in [0.4, 0.5) is 0 Å². The minimum absolute atomic E-state index is 0.195. The van der Waals surface area contributed by atoms with Crippen molar-refractivity contribution in [3.05, 3.63) is 12.2 Å². The van der Waals surface area contributed by atoms with Crippen LogP contribution in [-0.2, 0) is 9.53 Å². The second kappa shape index (κ2) is 11.1. The van der Waals surface area contributed by atoms with Crippen LogP contribution in [0.1, 0.15) is 33.6 Å². The van der Waals surface area contributed by atoms with Gasteiger partial charge in [-0.2, -0.15) is 0 Å². The van der Waals surface area contributed by atoms with E-state index < -0.39 is 0 Å². The maximum absolute atomic E-state index is 10.9. The largest absolute Gasteiger partial charge is 0.443 e. The Morgan fingerprint density at radius 2 is 2.00 bits per heavy atom. The Kier molecular flexibility index (Phi) is 12.6. The molecule has 0 saturated heterocycles. The predicted octanol–water partition coefficient (Wildman–Crippen LogP) is 3.19. The van der Waals surface area contributed by atoms with Crippen molar-refractivity contribution in [2.24, 2.45) is 0 Å². The molecule has 0 aromatic heterocycles. The summed E-state index contributed by atoms with van der Waals surface area (Å²) >= 11 is 3.31. The van der Waals surface area contributed by atoms with Gasteiger partial charge in [0.1, 0.15) is 0 Å². The van der Waals surface area contributed by atoms with E-state index in [9.17, 15) is 4.79 Å². The molecule has 0 rings (SSSR count). The third-order valence-electron chi connectivity index (χ3n) is 1.84. The topological polar surface area (TPSA) is 29.5 Å². The molecule has 0 radical (unpaired) electrons. The summed E-state index contributed by atoms with van der Waals surface area (Å²) in [7, 11) is 3.69. The molecule has 0 aromatic rings. The molecule has 0 spiro atoms. The number of ether oxygens (including phenoxy) is 1. The molecule has 3 nitrogen and oxygen atoms in total. The quantitative estimate of drug-likeness (QED) is 0.337. The normalized spacial score (nSPS) is 11.4. The predicted molar refractivity (Wildman–Crippen MR) is 72.8 cm³/mol. The molecule has 0 heterocycles. The number of nitrogens with zero attached hydrogens (tertiary/aromatic N) is 1. The first kappa shape index (κ1) is 18.0. The lowest BCUT2D eigenvalue weighted by Gasteiger charge is -2.19. The van der Waals surface area contributed by atoms with Crippen LogP contribution in [0.15, 0.2) is 12.2 Å². The number of esters is 1. The van der Waals surface area contributed by atoms with Crippen LogP contribution >= 0.6 is 15.9 Å². The fourth-order valence-corrected chi connectivity index (χ4v) is 1.06. The van der Waals surface area contributed by atoms with Gasteiger partial charge < -0.3 is 4.74 Å². The zero-order valence-electron chi connectivity index (χ0n) is 11.0. The number of unbranched alkanes of at least 4 members (excludes halogenated alkanes) is 1. The van der Waals surface area contributed by atoms with Gasteiger partial charge in [-0.15, -0.1) is 0 Å². The van der Waals surface area contributed by atoms with Crippen LogP contribution in [-0.4, -0.2) is 36.5 Å². The first-order valence-electron chi connectivity index (χ1n) is 5.45. The summed E-state index contributed by atoms with van der Waals surface area (Å²) in [5, 5.41) is 1.16. The third-order valence-corrected chi connectivity index (χ3v) is 2.40. The smallest absolute Gasteiger partial charge is 0.334 e. The van der Waals surface area contributed by atoms with Crippen molar-refractivity contribution in [3.63, 3.8) is 0 Å². The van der Waals surface area contributed by atoms with Crippen molar-refractivity contribution < 1.29 is 9.53 Å². The molecule has 0 N–H and O–H groups in total. The highest BCUT2D eigenvalue weighted by atomic mass is 79.9. The molecule has 1 atom stereocenters. The Balaban J connectivity index is 0. The fraction of sp³-hybridized carbons (Fsp3) is 0.750. The van der Waals surface area contributed by atoms with Crippen LogP contribution in [0.2, 0.25) is 0 Å². The van der Waals surface area contributed by atoms with Crippen molar-refractivity contribution in [3.8, 4) is 0 Å². The summed E-state index contributed by atoms with van der Waals surface area (Å²) in [6.45, 7) is 9.09. The summed E-state index contributed by atoms with van der Waals surface area (Å²) in [5.41, 5.74) is 0.429. The summed E-state index contributed by atoms with van der Waals surface area (Å²) in [5.74, 6) is -0.341. The van der Waals surface area contributed by atoms with Gasteiger partial charge in [-0.1, -0.05) is 35.9 Å². The lowest BCUT2D eigenvalue weighted by molar-refractivity contribution is -0.150. The van der Waals surface area contributed by atoms with Gasteiger partial charge >= 0.3 is 5.97 Å². The van der Waals surface area contributed by atoms with E-state index in [1.165, 1.54) is 12.8 Å². The van der Waals surface area contributed by atoms with E-state index in [1.807, 2.05) is 14.1 Å². The van der Waals surface area contributed by atoms with Crippen LogP contribution in [0.3, 0.4) is 0 Å². The molecule has 0 aliphatic carbocycles. The molecule has 0 aliphatic heterocycles. The number of alkyl halides is 1. The highest BCUT2D eigenvalue weighted by Gasteiger charge is 2.10. The van der Waals surface area contributed by atoms with Gasteiger partial charge in [0.15, 0.2) is 6.23 Å². The molecule has 96 valence electrons. The average Bonchev–Trinajstić information content (AvgIpc) is 2.19. The van der Waals surface area contributed by atoms with Crippen molar-refractivity contribution in [2.75, 3.05) is 19.4 Å². The van der Waals surface area contributed by atoms with Gasteiger partial charge in [-0.3, -0.25) is 4.90 Å². The number of rotatable bonds is 5. The van der Waals surface area contributed by atoms with Crippen molar-refractivity contribution in [2.45, 2.75) is 39.8 Å². The first-order chi connectivity index (χ1) is 7.36. The Hall–Kier alpha value is -0.350. The standard InChI is InChI=1S/C8H15NO2.C4H9Br/c1-6(2)8(10)11-7(3)9(4)5;1-2-3-4-5/h7H,1H2,2-5H3;2-4H2,1H3. The monoisotopic (exact) mass is 293 g/mol. The third kappa shape index (κ3) is 11.7. The van der Waals surface area contributed by atoms with Crippen LogP contribution in [0, 0.1) is 0 Å². The molecular weight excluding hydrogens is 270 g/mol. The molecular formula is C12H24BrNO2. The summed E-state index contributed by atoms with van der Waals surface area (Å²) in [4.78, 5) is 12.7. The lowest BCUT2D eigenvalue weighted by Crippen LogP contribution is -2.30. The van der Waals surface area contributed by atoms with E-state index >= 15 is 0 Å². The maximum atomic E-state index is 10.9. The second-order valence-corrected chi connectivity index (χ2v) is 4.58. The number of carbonyl (C=O) groups is 1. The number of hydrogen-bond donors (Lipinski definition) is 0. The van der Waals surface area contributed by atoms with Crippen molar-refractivity contribution >= 4 is 21.9 Å². The molecule has 0 fully saturated rings. The molecule has 0 aliphatic rings. The lowest BCUT2D eigenvalue weighted by atomic mass is 10.4. The molecule has 0 amide bonds. The average molecular weight is 294 g/mol. The van der Waals surface area contributed by atoms with Crippen molar-refractivity contribution in [1.29, 1.82) is 0 Å². The summed E-state index contributed by atoms with van der Waals surface area (Å²) < 4.78 is 4.96. The van der Waals surface area contributed by atoms with E-state index in [1.54, 1.807) is 18.7 Å². The Bertz CT molecular complexity index is 203. The fourth-order valence-electron chi connectivity index (χ4n) is 0.495. The molecule has 0 bridgehead atoms. The Morgan fingerprint density at radius 1 is 1.50 bits per heavy atom. The Morgan fingerprint density at radius 3 is 2.19 bits per heavy atom. The summed E-state index contributed by atoms with van der Waals surface area (Å²) in [6.07, 6.45) is 2.41. The molecule has 1 unspecified atom stereocenters. The van der Waals surface area contributed by atoms with Crippen LogP contribution in [0.5, 0.6) is 0 Å². The SMILES string of the molecule is C=C(C)C(=O)OC(C)N(C)C.CCCCBr. The number of hydrogen-bond acceptors (Lipinski definition) is 3. The van der Waals surface area contributed by atoms with Gasteiger partial charge in [0.05, 0.1) is 0 Å². The van der Waals surface area contributed by atoms with Crippen LogP contribution in [0.25, 0.3) is 0 Å². The summed E-state index contributed by atoms with van der Waals surface area (Å²) in [6, 6.07) is 0. The van der Waals surface area contributed by atoms with E-state index in [4.69, 9.17) is 4.74 Å². The minimum Gasteiger partial charge on any atom is -0.443 e. The van der Waals surface area contributed by atoms with E-state index in [-0.39, 0.29) is 12.2 Å². The van der Waals surface area contributed by atoms with Crippen LogP contribution < -0.4 is 0 Å². The van der Waals surface area contributed by atoms with Gasteiger partial charge in [-0.25, -0.2) is 4.79 Å². The molecule has 0 saturated carbocycles. The Labute approximate surface area is 108 Å². The molecule has 0 aromatic carbocycles. The number of halogens is 1. The molecule has 16 heavy (non-hydrogen) atoms. The van der Waals surface area contributed by atoms with E-state index in [0.29, 0.717) is 5.57 Å². The van der Waals surface area contributed by atoms with Gasteiger partial charge in [-0.05, 0) is 34.4 Å². The highest BCUT2D eigenvalue weighted by Crippen LogP contribution is 1.99. The van der Waals surface area contributed by atoms with Gasteiger partial charge in [0.2, 0.25) is 0 Å². The zero-order valence-corrected chi connectivity index (χ0v) is 12.6. The maximum Gasteiger partial charge on any atom is 0.334 e. The number of carbonyl (C=O) groups excluding carboxylic acids is 1. The second-order valence-electron chi connectivity index (χ2n) is 3.79. The first-order valence-corrected chi connectivity index (χ1v) is 6.57. The molecule has 4 heteroatoms. The van der Waals surface area contributed by atoms with Gasteiger partial charge in [0.25, 0.3) is 0 Å².